The van der Waals surface area contributed by atoms with Crippen molar-refractivity contribution in [1.29, 1.82) is 0 Å². The summed E-state index contributed by atoms with van der Waals surface area (Å²) < 4.78 is 2.19. The van der Waals surface area contributed by atoms with Crippen LogP contribution in [0.1, 0.15) is 17.7 Å². The molecule has 0 bridgehead atoms. The lowest BCUT2D eigenvalue weighted by Crippen LogP contribution is -2.20. The van der Waals surface area contributed by atoms with E-state index in [0.717, 1.165) is 26.1 Å². The van der Waals surface area contributed by atoms with E-state index in [1.165, 1.54) is 11.3 Å². The standard InChI is InChI=1S/C14H20N4/c1-13-9-16-12-18(13)8-4-7-17(2)11-14-5-3-6-15-10-14/h3,5-6,9-10,12H,4,7-8,11H2,1-2H3. The maximum absolute atomic E-state index is 4.13. The summed E-state index contributed by atoms with van der Waals surface area (Å²) in [6.07, 6.45) is 8.67. The lowest BCUT2D eigenvalue weighted by molar-refractivity contribution is 0.313. The molecule has 0 radical (unpaired) electrons. The molecule has 2 rings (SSSR count). The van der Waals surface area contributed by atoms with E-state index in [1.807, 2.05) is 31.0 Å². The summed E-state index contributed by atoms with van der Waals surface area (Å²) in [7, 11) is 2.15. The summed E-state index contributed by atoms with van der Waals surface area (Å²) in [5.74, 6) is 0. The Labute approximate surface area is 108 Å². The molecule has 0 amide bonds. The zero-order valence-electron chi connectivity index (χ0n) is 11.1. The van der Waals surface area contributed by atoms with Crippen LogP contribution in [-0.2, 0) is 13.1 Å². The highest BCUT2D eigenvalue weighted by atomic mass is 15.1. The van der Waals surface area contributed by atoms with E-state index in [-0.39, 0.29) is 0 Å². The molecule has 0 atom stereocenters. The topological polar surface area (TPSA) is 34.0 Å². The molecule has 0 aliphatic rings. The van der Waals surface area contributed by atoms with Gasteiger partial charge in [0.05, 0.1) is 6.33 Å². The van der Waals surface area contributed by atoms with Crippen LogP contribution in [0.3, 0.4) is 0 Å². The van der Waals surface area contributed by atoms with Crippen LogP contribution < -0.4 is 0 Å². The molecular weight excluding hydrogens is 224 g/mol. The first-order valence-corrected chi connectivity index (χ1v) is 6.30. The van der Waals surface area contributed by atoms with Gasteiger partial charge in [0.1, 0.15) is 0 Å². The maximum Gasteiger partial charge on any atom is 0.0948 e. The minimum atomic E-state index is 0.955. The number of pyridine rings is 1. The Kier molecular flexibility index (Phi) is 4.47. The molecule has 0 saturated heterocycles. The highest BCUT2D eigenvalue weighted by Gasteiger charge is 2.01. The van der Waals surface area contributed by atoms with Crippen molar-refractivity contribution in [3.8, 4) is 0 Å². The lowest BCUT2D eigenvalue weighted by atomic mass is 10.2. The van der Waals surface area contributed by atoms with Crippen LogP contribution in [0.4, 0.5) is 0 Å². The summed E-state index contributed by atoms with van der Waals surface area (Å²) in [5.41, 5.74) is 2.49. The van der Waals surface area contributed by atoms with Crippen LogP contribution in [0.15, 0.2) is 37.1 Å². The maximum atomic E-state index is 4.13. The first kappa shape index (κ1) is 12.8. The van der Waals surface area contributed by atoms with Crippen LogP contribution in [0.5, 0.6) is 0 Å². The van der Waals surface area contributed by atoms with Crippen molar-refractivity contribution < 1.29 is 0 Å². The largest absolute Gasteiger partial charge is 0.335 e. The molecule has 0 fully saturated rings. The number of hydrogen-bond donors (Lipinski definition) is 0. The van der Waals surface area contributed by atoms with Crippen molar-refractivity contribution in [3.63, 3.8) is 0 Å². The zero-order chi connectivity index (χ0) is 12.8. The molecular formula is C14H20N4. The average molecular weight is 244 g/mol. The molecule has 0 aliphatic carbocycles. The van der Waals surface area contributed by atoms with Gasteiger partial charge in [-0.25, -0.2) is 4.98 Å². The molecule has 4 nitrogen and oxygen atoms in total. The first-order chi connectivity index (χ1) is 8.75. The van der Waals surface area contributed by atoms with Gasteiger partial charge in [-0.3, -0.25) is 4.98 Å². The van der Waals surface area contributed by atoms with Gasteiger partial charge < -0.3 is 9.47 Å². The van der Waals surface area contributed by atoms with Crippen LogP contribution >= 0.6 is 0 Å². The molecule has 0 spiro atoms. The molecule has 0 aliphatic heterocycles. The molecule has 0 N–H and O–H groups in total. The van der Waals surface area contributed by atoms with Crippen LogP contribution in [0, 0.1) is 6.92 Å². The summed E-state index contributed by atoms with van der Waals surface area (Å²) in [6, 6.07) is 4.10. The zero-order valence-corrected chi connectivity index (χ0v) is 11.1. The van der Waals surface area contributed by atoms with E-state index in [9.17, 15) is 0 Å². The molecule has 0 unspecified atom stereocenters. The van der Waals surface area contributed by atoms with Gasteiger partial charge in [0.25, 0.3) is 0 Å². The summed E-state index contributed by atoms with van der Waals surface area (Å²) >= 11 is 0. The molecule has 2 aromatic heterocycles. The lowest BCUT2D eigenvalue weighted by Gasteiger charge is -2.16. The van der Waals surface area contributed by atoms with Gasteiger partial charge >= 0.3 is 0 Å². The van der Waals surface area contributed by atoms with Crippen LogP contribution in [0.2, 0.25) is 0 Å². The van der Waals surface area contributed by atoms with Gasteiger partial charge in [0, 0.05) is 37.4 Å². The highest BCUT2D eigenvalue weighted by Crippen LogP contribution is 2.03. The van der Waals surface area contributed by atoms with Crippen molar-refractivity contribution >= 4 is 0 Å². The number of imidazole rings is 1. The normalized spacial score (nSPS) is 11.1. The summed E-state index contributed by atoms with van der Waals surface area (Å²) in [4.78, 5) is 10.6. The molecule has 2 aromatic rings. The molecule has 18 heavy (non-hydrogen) atoms. The molecule has 4 heteroatoms. The smallest absolute Gasteiger partial charge is 0.0948 e. The van der Waals surface area contributed by atoms with E-state index in [4.69, 9.17) is 0 Å². The van der Waals surface area contributed by atoms with Gasteiger partial charge in [-0.05, 0) is 38.6 Å². The second-order valence-electron chi connectivity index (χ2n) is 4.68. The van der Waals surface area contributed by atoms with E-state index in [2.05, 4.69) is 39.5 Å². The van der Waals surface area contributed by atoms with Crippen molar-refractivity contribution in [3.05, 3.63) is 48.3 Å². The first-order valence-electron chi connectivity index (χ1n) is 6.30. The number of aromatic nitrogens is 3. The molecule has 0 aromatic carbocycles. The van der Waals surface area contributed by atoms with E-state index < -0.39 is 0 Å². The fourth-order valence-corrected chi connectivity index (χ4v) is 2.01. The Balaban J connectivity index is 1.72. The summed E-state index contributed by atoms with van der Waals surface area (Å²) in [5, 5.41) is 0. The van der Waals surface area contributed by atoms with E-state index in [0.29, 0.717) is 0 Å². The molecule has 2 heterocycles. The summed E-state index contributed by atoms with van der Waals surface area (Å²) in [6.45, 7) is 5.15. The third-order valence-electron chi connectivity index (χ3n) is 3.03. The van der Waals surface area contributed by atoms with Gasteiger partial charge in [-0.1, -0.05) is 6.07 Å². The Bertz CT molecular complexity index is 464. The quantitative estimate of drug-likeness (QED) is 0.780. The highest BCUT2D eigenvalue weighted by molar-refractivity contribution is 5.07. The fraction of sp³-hybridized carbons (Fsp3) is 0.429. The van der Waals surface area contributed by atoms with Crippen LogP contribution in [-0.4, -0.2) is 33.0 Å². The van der Waals surface area contributed by atoms with Gasteiger partial charge in [-0.15, -0.1) is 0 Å². The van der Waals surface area contributed by atoms with Crippen molar-refractivity contribution in [2.24, 2.45) is 0 Å². The third-order valence-corrected chi connectivity index (χ3v) is 3.03. The number of nitrogens with zero attached hydrogens (tertiary/aromatic N) is 4. The Morgan fingerprint density at radius 1 is 1.28 bits per heavy atom. The number of aryl methyl sites for hydroxylation is 2. The van der Waals surface area contributed by atoms with Crippen molar-refractivity contribution in [2.45, 2.75) is 26.4 Å². The van der Waals surface area contributed by atoms with Gasteiger partial charge in [0.15, 0.2) is 0 Å². The second-order valence-corrected chi connectivity index (χ2v) is 4.68. The Morgan fingerprint density at radius 3 is 2.83 bits per heavy atom. The Morgan fingerprint density at radius 2 is 2.17 bits per heavy atom. The molecule has 0 saturated carbocycles. The minimum Gasteiger partial charge on any atom is -0.335 e. The van der Waals surface area contributed by atoms with Crippen molar-refractivity contribution in [2.75, 3.05) is 13.6 Å². The number of hydrogen-bond acceptors (Lipinski definition) is 3. The number of rotatable bonds is 6. The van der Waals surface area contributed by atoms with E-state index in [1.54, 1.807) is 0 Å². The predicted molar refractivity (Wildman–Crippen MR) is 72.2 cm³/mol. The molecule has 96 valence electrons. The predicted octanol–water partition coefficient (Wildman–Crippen LogP) is 2.11. The van der Waals surface area contributed by atoms with E-state index >= 15 is 0 Å². The minimum absolute atomic E-state index is 0.955. The van der Waals surface area contributed by atoms with Crippen LogP contribution in [0.25, 0.3) is 0 Å². The second kappa shape index (κ2) is 6.31. The average Bonchev–Trinajstić information content (AvgIpc) is 2.76. The third kappa shape index (κ3) is 3.67. The Hall–Kier alpha value is -1.68. The van der Waals surface area contributed by atoms with Crippen molar-refractivity contribution in [1.82, 2.24) is 19.4 Å². The SMILES string of the molecule is Cc1cncn1CCCN(C)Cc1cccnc1. The monoisotopic (exact) mass is 244 g/mol. The van der Waals surface area contributed by atoms with Gasteiger partial charge in [0.2, 0.25) is 0 Å². The van der Waals surface area contributed by atoms with Gasteiger partial charge in [-0.2, -0.15) is 0 Å². The fourth-order valence-electron chi connectivity index (χ4n) is 2.01.